The summed E-state index contributed by atoms with van der Waals surface area (Å²) in [6, 6.07) is 9.99. The van der Waals surface area contributed by atoms with Gasteiger partial charge >= 0.3 is 23.9 Å². The summed E-state index contributed by atoms with van der Waals surface area (Å²) >= 11 is 0. The summed E-state index contributed by atoms with van der Waals surface area (Å²) < 4.78 is 126. The van der Waals surface area contributed by atoms with Gasteiger partial charge in [-0.3, -0.25) is 9.35 Å². The number of aromatic hydroxyl groups is 1. The molecule has 8 nitrogen and oxygen atoms in total. The summed E-state index contributed by atoms with van der Waals surface area (Å²) in [6.07, 6.45) is 6.09. The highest BCUT2D eigenvalue weighted by atomic mass is 32.2. The Labute approximate surface area is 273 Å². The lowest BCUT2D eigenvalue weighted by Crippen LogP contribution is -2.57. The van der Waals surface area contributed by atoms with Crippen LogP contribution in [0.25, 0.3) is 10.8 Å². The topological polar surface area (TPSA) is 128 Å². The second-order valence-electron chi connectivity index (χ2n) is 11.4. The van der Waals surface area contributed by atoms with Gasteiger partial charge in [0.05, 0.1) is 5.69 Å². The van der Waals surface area contributed by atoms with E-state index >= 15 is 0 Å². The van der Waals surface area contributed by atoms with Gasteiger partial charge in [-0.15, -0.1) is 5.11 Å². The largest absolute Gasteiger partial charge is 0.505 e. The Morgan fingerprint density at radius 2 is 1.35 bits per heavy atom. The number of carbonyl (C=O) groups excluding carboxylic acids is 1. The number of fused-ring (bicyclic) bond motifs is 1. The molecule has 3 rings (SSSR count). The molecule has 0 spiro atoms. The fraction of sp³-hybridized carbons (Fsp3) is 0.469. The van der Waals surface area contributed by atoms with Crippen molar-refractivity contribution in [2.24, 2.45) is 10.2 Å². The number of nitrogens with one attached hydrogen (secondary N) is 1. The lowest BCUT2D eigenvalue weighted by molar-refractivity contribution is -0.343. The van der Waals surface area contributed by atoms with Crippen LogP contribution in [0.15, 0.2) is 63.7 Å². The molecule has 0 fully saturated rings. The minimum atomic E-state index is -6.74. The van der Waals surface area contributed by atoms with E-state index in [1.54, 1.807) is 24.3 Å². The molecular weight excluding hydrogens is 671 g/mol. The zero-order valence-electron chi connectivity index (χ0n) is 26.0. The fourth-order valence-corrected chi connectivity index (χ4v) is 5.55. The number of azo groups is 1. The summed E-state index contributed by atoms with van der Waals surface area (Å²) in [5.74, 6) is -16.9. The predicted octanol–water partition coefficient (Wildman–Crippen LogP) is 10.4. The number of rotatable bonds is 17. The van der Waals surface area contributed by atoms with Gasteiger partial charge in [0.25, 0.3) is 10.1 Å². The molecule has 264 valence electrons. The molecule has 3 N–H and O–H groups in total. The van der Waals surface area contributed by atoms with E-state index in [0.29, 0.717) is 6.07 Å². The van der Waals surface area contributed by atoms with Gasteiger partial charge in [0.1, 0.15) is 10.6 Å². The molecule has 0 aliphatic rings. The lowest BCUT2D eigenvalue weighted by atomic mass is 10.0. The second-order valence-corrected chi connectivity index (χ2v) is 12.8. The minimum absolute atomic E-state index is 0.166. The molecule has 16 heteroatoms. The van der Waals surface area contributed by atoms with Crippen molar-refractivity contribution in [1.82, 2.24) is 0 Å². The lowest BCUT2D eigenvalue weighted by Gasteiger charge is -2.27. The number of nitrogens with zero attached hydrogens (tertiary/aromatic N) is 2. The van der Waals surface area contributed by atoms with Crippen molar-refractivity contribution in [2.45, 2.75) is 100 Å². The number of hydrogen-bond acceptors (Lipinski definition) is 6. The number of carbonyl (C=O) groups is 1. The molecule has 0 unspecified atom stereocenters. The molecule has 0 saturated carbocycles. The van der Waals surface area contributed by atoms with Crippen LogP contribution < -0.4 is 5.32 Å². The number of hydrogen-bond donors (Lipinski definition) is 3. The van der Waals surface area contributed by atoms with Gasteiger partial charge in [-0.05, 0) is 54.1 Å². The molecule has 0 radical (unpaired) electrons. The molecule has 0 atom stereocenters. The summed E-state index contributed by atoms with van der Waals surface area (Å²) in [5, 5.41) is 19.2. The van der Waals surface area contributed by atoms with Crippen LogP contribution in [0.4, 0.5) is 47.8 Å². The normalized spacial score (nSPS) is 13.0. The zero-order valence-corrected chi connectivity index (χ0v) is 26.8. The van der Waals surface area contributed by atoms with Crippen LogP contribution in [-0.4, -0.2) is 42.0 Å². The third-order valence-electron chi connectivity index (χ3n) is 7.64. The standard InChI is InChI=1S/C32H36F7N3O5S/c1-2-3-4-5-6-7-8-9-10-11-12-21-13-16-23(17-14-21)41-42-27-26(48(45,46)47)19-22-15-18-24(20-25(22)28(27)43)40-29(44)30(33,34)31(35,36)32(37,38)39/h13-20,43H,2-12H2,1H3,(H,40,44)(H,45,46,47). The van der Waals surface area contributed by atoms with Gasteiger partial charge in [0, 0.05) is 11.1 Å². The number of halogens is 7. The molecule has 0 heterocycles. The van der Waals surface area contributed by atoms with Crippen LogP contribution in [0.5, 0.6) is 5.75 Å². The third kappa shape index (κ3) is 9.65. The Morgan fingerprint density at radius 3 is 1.90 bits per heavy atom. The van der Waals surface area contributed by atoms with E-state index in [1.807, 2.05) is 0 Å². The van der Waals surface area contributed by atoms with Crippen molar-refractivity contribution in [3.63, 3.8) is 0 Å². The van der Waals surface area contributed by atoms with Gasteiger partial charge < -0.3 is 10.4 Å². The summed E-state index contributed by atoms with van der Waals surface area (Å²) in [7, 11) is -5.03. The number of alkyl halides is 7. The quantitative estimate of drug-likeness (QED) is 0.0557. The van der Waals surface area contributed by atoms with Crippen molar-refractivity contribution in [1.29, 1.82) is 0 Å². The smallest absolute Gasteiger partial charge is 0.460 e. The molecule has 3 aromatic carbocycles. The molecule has 0 saturated heterocycles. The molecule has 48 heavy (non-hydrogen) atoms. The fourth-order valence-electron chi connectivity index (χ4n) is 4.90. The van der Waals surface area contributed by atoms with Crippen molar-refractivity contribution < 1.29 is 53.6 Å². The first-order chi connectivity index (χ1) is 22.4. The maximum absolute atomic E-state index is 13.8. The first-order valence-corrected chi connectivity index (χ1v) is 16.8. The van der Waals surface area contributed by atoms with E-state index in [4.69, 9.17) is 0 Å². The van der Waals surface area contributed by atoms with Gasteiger partial charge in [-0.25, -0.2) is 0 Å². The molecule has 3 aromatic rings. The highest BCUT2D eigenvalue weighted by molar-refractivity contribution is 7.86. The number of benzene rings is 3. The first-order valence-electron chi connectivity index (χ1n) is 15.3. The van der Waals surface area contributed by atoms with E-state index in [-0.39, 0.29) is 11.1 Å². The van der Waals surface area contributed by atoms with Crippen LogP contribution in [0.1, 0.15) is 76.7 Å². The Bertz CT molecular complexity index is 1700. The third-order valence-corrected chi connectivity index (χ3v) is 8.51. The van der Waals surface area contributed by atoms with E-state index < -0.39 is 61.5 Å². The predicted molar refractivity (Wildman–Crippen MR) is 166 cm³/mol. The second kappa shape index (κ2) is 16.1. The summed E-state index contributed by atoms with van der Waals surface area (Å²) in [6.45, 7) is 2.19. The highest BCUT2D eigenvalue weighted by Gasteiger charge is 2.76. The average Bonchev–Trinajstić information content (AvgIpc) is 3.01. The molecular formula is C32H36F7N3O5S. The maximum atomic E-state index is 13.8. The Morgan fingerprint density at radius 1 is 0.792 bits per heavy atom. The SMILES string of the molecule is CCCCCCCCCCCCc1ccc(N=Nc2c(S(=O)(=O)O)cc3ccc(NC(=O)C(F)(F)C(F)(F)C(F)(F)F)cc3c2O)cc1. The van der Waals surface area contributed by atoms with Gasteiger partial charge in [0.15, 0.2) is 5.75 Å². The van der Waals surface area contributed by atoms with E-state index in [9.17, 15) is 53.6 Å². The summed E-state index contributed by atoms with van der Waals surface area (Å²) in [4.78, 5) is 10.9. The Hall–Kier alpha value is -3.79. The zero-order chi connectivity index (χ0) is 35.8. The minimum Gasteiger partial charge on any atom is -0.505 e. The van der Waals surface area contributed by atoms with Crippen LogP contribution in [0.3, 0.4) is 0 Å². The summed E-state index contributed by atoms with van der Waals surface area (Å²) in [5.41, 5.74) is -0.289. The number of phenolic OH excluding ortho intramolecular Hbond substituents is 1. The average molecular weight is 708 g/mol. The van der Waals surface area contributed by atoms with E-state index in [2.05, 4.69) is 17.2 Å². The monoisotopic (exact) mass is 707 g/mol. The van der Waals surface area contributed by atoms with Gasteiger partial charge in [-0.1, -0.05) is 82.9 Å². The van der Waals surface area contributed by atoms with Crippen molar-refractivity contribution >= 4 is 43.9 Å². The van der Waals surface area contributed by atoms with Gasteiger partial charge in [-0.2, -0.15) is 44.3 Å². The van der Waals surface area contributed by atoms with Gasteiger partial charge in [0.2, 0.25) is 0 Å². The molecule has 1 amide bonds. The molecule has 0 aromatic heterocycles. The maximum Gasteiger partial charge on any atom is 0.460 e. The van der Waals surface area contributed by atoms with Crippen molar-refractivity contribution in [2.75, 3.05) is 5.32 Å². The van der Waals surface area contributed by atoms with Crippen LogP contribution >= 0.6 is 0 Å². The number of unbranched alkanes of at least 4 members (excludes halogenated alkanes) is 9. The van der Waals surface area contributed by atoms with Crippen molar-refractivity contribution in [3.8, 4) is 5.75 Å². The first kappa shape index (κ1) is 38.7. The number of amides is 1. The highest BCUT2D eigenvalue weighted by Crippen LogP contribution is 2.47. The number of aryl methyl sites for hydroxylation is 1. The number of phenols is 1. The molecule has 0 bridgehead atoms. The van der Waals surface area contributed by atoms with Crippen LogP contribution in [0, 0.1) is 0 Å². The molecule has 0 aliphatic heterocycles. The molecule has 0 aliphatic carbocycles. The van der Waals surface area contributed by atoms with E-state index in [0.717, 1.165) is 49.4 Å². The van der Waals surface area contributed by atoms with E-state index in [1.165, 1.54) is 50.3 Å². The van der Waals surface area contributed by atoms with Crippen LogP contribution in [-0.2, 0) is 21.3 Å². The van der Waals surface area contributed by atoms with Crippen molar-refractivity contribution in [3.05, 3.63) is 54.1 Å². The Kier molecular flexibility index (Phi) is 12.9. The van der Waals surface area contributed by atoms with Crippen LogP contribution in [0.2, 0.25) is 0 Å². The number of anilines is 1. The Balaban J connectivity index is 1.75.